The second kappa shape index (κ2) is 10.8. The Morgan fingerprint density at radius 2 is 1.67 bits per heavy atom. The molecule has 0 saturated carbocycles. The zero-order chi connectivity index (χ0) is 24.0. The summed E-state index contributed by atoms with van der Waals surface area (Å²) >= 11 is 2.21. The van der Waals surface area contributed by atoms with E-state index in [1.807, 2.05) is 31.2 Å². The third kappa shape index (κ3) is 6.11. The van der Waals surface area contributed by atoms with Crippen LogP contribution in [0.15, 0.2) is 82.8 Å². The Kier molecular flexibility index (Phi) is 8.09. The van der Waals surface area contributed by atoms with Gasteiger partial charge < -0.3 is 4.74 Å². The Labute approximate surface area is 207 Å². The molecule has 1 amide bonds. The Bertz CT molecular complexity index is 1260. The molecule has 3 aromatic carbocycles. The van der Waals surface area contributed by atoms with Crippen LogP contribution >= 0.6 is 22.6 Å². The Morgan fingerprint density at radius 3 is 2.30 bits per heavy atom. The van der Waals surface area contributed by atoms with E-state index in [9.17, 15) is 13.2 Å². The number of aryl methyl sites for hydroxylation is 1. The Morgan fingerprint density at radius 1 is 1.03 bits per heavy atom. The van der Waals surface area contributed by atoms with Gasteiger partial charge in [0.25, 0.3) is 15.9 Å². The summed E-state index contributed by atoms with van der Waals surface area (Å²) < 4.78 is 34.5. The third-order valence-electron chi connectivity index (χ3n) is 4.86. The van der Waals surface area contributed by atoms with E-state index in [1.54, 1.807) is 43.3 Å². The highest BCUT2D eigenvalue weighted by atomic mass is 127. The van der Waals surface area contributed by atoms with Crippen molar-refractivity contribution >= 4 is 49.9 Å². The number of carbonyl (C=O) groups is 1. The zero-order valence-corrected chi connectivity index (χ0v) is 21.4. The average molecular weight is 577 g/mol. The van der Waals surface area contributed by atoms with Gasteiger partial charge in [-0.3, -0.25) is 9.10 Å². The minimum absolute atomic E-state index is 0.0744. The van der Waals surface area contributed by atoms with Crippen LogP contribution in [0.4, 0.5) is 5.69 Å². The average Bonchev–Trinajstić information content (AvgIpc) is 2.81. The number of halogens is 1. The normalized spacial score (nSPS) is 11.7. The summed E-state index contributed by atoms with van der Waals surface area (Å²) in [6.45, 7) is 3.17. The first-order valence-electron chi connectivity index (χ1n) is 10.0. The van der Waals surface area contributed by atoms with Crippen molar-refractivity contribution in [1.29, 1.82) is 0 Å². The lowest BCUT2D eigenvalue weighted by molar-refractivity contribution is -0.119. The molecule has 0 aliphatic heterocycles. The number of sulfonamides is 1. The molecule has 7 nitrogen and oxygen atoms in total. The monoisotopic (exact) mass is 577 g/mol. The Balaban J connectivity index is 1.91. The standard InChI is InChI=1S/C24H24IN3O4S/c1-17-8-14-21(15-9-17)33(30,31)28(22-6-4-5-7-23(22)32-3)16-24(29)27-26-18(2)19-10-12-20(25)13-11-19/h4-15H,16H2,1-3H3,(H,27,29)/b26-18-. The first kappa shape index (κ1) is 24.7. The number of anilines is 1. The van der Waals surface area contributed by atoms with Gasteiger partial charge in [0.15, 0.2) is 0 Å². The molecule has 0 bridgehead atoms. The van der Waals surface area contributed by atoms with Gasteiger partial charge in [0.05, 0.1) is 23.4 Å². The van der Waals surface area contributed by atoms with Crippen molar-refractivity contribution < 1.29 is 17.9 Å². The molecule has 0 fully saturated rings. The van der Waals surface area contributed by atoms with E-state index in [-0.39, 0.29) is 10.6 Å². The quantitative estimate of drug-likeness (QED) is 0.245. The van der Waals surface area contributed by atoms with Gasteiger partial charge in [-0.1, -0.05) is 42.0 Å². The summed E-state index contributed by atoms with van der Waals surface area (Å²) in [4.78, 5) is 12.9. The van der Waals surface area contributed by atoms with Crippen molar-refractivity contribution in [3.05, 3.63) is 87.5 Å². The number of amides is 1. The molecule has 3 rings (SSSR count). The van der Waals surface area contributed by atoms with Gasteiger partial charge in [-0.25, -0.2) is 13.8 Å². The summed E-state index contributed by atoms with van der Waals surface area (Å²) in [7, 11) is -2.60. The maximum Gasteiger partial charge on any atom is 0.264 e. The molecule has 0 atom stereocenters. The van der Waals surface area contributed by atoms with Crippen molar-refractivity contribution in [1.82, 2.24) is 5.43 Å². The van der Waals surface area contributed by atoms with Crippen molar-refractivity contribution in [2.24, 2.45) is 5.10 Å². The SMILES string of the molecule is COc1ccccc1N(CC(=O)N/N=C(/C)c1ccc(I)cc1)S(=O)(=O)c1ccc(C)cc1. The lowest BCUT2D eigenvalue weighted by Gasteiger charge is -2.25. The third-order valence-corrected chi connectivity index (χ3v) is 7.35. The highest BCUT2D eigenvalue weighted by molar-refractivity contribution is 14.1. The summed E-state index contributed by atoms with van der Waals surface area (Å²) in [6.07, 6.45) is 0. The summed E-state index contributed by atoms with van der Waals surface area (Å²) in [6, 6.07) is 20.8. The first-order chi connectivity index (χ1) is 15.7. The Hall–Kier alpha value is -2.92. The van der Waals surface area contributed by atoms with Gasteiger partial charge in [0.1, 0.15) is 12.3 Å². The number of para-hydroxylation sites is 2. The van der Waals surface area contributed by atoms with Crippen molar-refractivity contribution in [3.63, 3.8) is 0 Å². The minimum atomic E-state index is -4.05. The topological polar surface area (TPSA) is 88.1 Å². The number of nitrogens with one attached hydrogen (secondary N) is 1. The molecule has 3 aromatic rings. The molecule has 1 N–H and O–H groups in total. The molecular formula is C24H24IN3O4S. The number of nitrogens with zero attached hydrogens (tertiary/aromatic N) is 2. The second-order valence-corrected chi connectivity index (χ2v) is 10.3. The van der Waals surface area contributed by atoms with Gasteiger partial charge in [0.2, 0.25) is 0 Å². The number of ether oxygens (including phenoxy) is 1. The number of hydrogen-bond donors (Lipinski definition) is 1. The predicted octanol–water partition coefficient (Wildman–Crippen LogP) is 4.34. The number of methoxy groups -OCH3 is 1. The van der Waals surface area contributed by atoms with Crippen molar-refractivity contribution in [2.75, 3.05) is 18.0 Å². The van der Waals surface area contributed by atoms with Crippen LogP contribution in [0.5, 0.6) is 5.75 Å². The van der Waals surface area contributed by atoms with E-state index in [4.69, 9.17) is 4.74 Å². The number of hydrazone groups is 1. The van der Waals surface area contributed by atoms with Gasteiger partial charge in [-0.05, 0) is 78.4 Å². The zero-order valence-electron chi connectivity index (χ0n) is 18.4. The van der Waals surface area contributed by atoms with Crippen molar-refractivity contribution in [2.45, 2.75) is 18.7 Å². The molecule has 0 heterocycles. The summed E-state index contributed by atoms with van der Waals surface area (Å²) in [5.41, 5.74) is 5.10. The number of carbonyl (C=O) groups excluding carboxylic acids is 1. The van der Waals surface area contributed by atoms with Gasteiger partial charge in [-0.15, -0.1) is 0 Å². The second-order valence-electron chi connectivity index (χ2n) is 7.24. The molecule has 9 heteroatoms. The molecule has 33 heavy (non-hydrogen) atoms. The van der Waals surface area contributed by atoms with Gasteiger partial charge in [0, 0.05) is 3.57 Å². The van der Waals surface area contributed by atoms with Crippen LogP contribution in [-0.2, 0) is 14.8 Å². The highest BCUT2D eigenvalue weighted by Crippen LogP contribution is 2.32. The smallest absolute Gasteiger partial charge is 0.264 e. The van der Waals surface area contributed by atoms with Gasteiger partial charge >= 0.3 is 0 Å². The van der Waals surface area contributed by atoms with E-state index in [1.165, 1.54) is 19.2 Å². The lowest BCUT2D eigenvalue weighted by atomic mass is 10.1. The first-order valence-corrected chi connectivity index (χ1v) is 12.6. The molecule has 0 unspecified atom stereocenters. The highest BCUT2D eigenvalue weighted by Gasteiger charge is 2.29. The fraction of sp³-hybridized carbons (Fsp3) is 0.167. The van der Waals surface area contributed by atoms with Gasteiger partial charge in [-0.2, -0.15) is 5.10 Å². The molecular weight excluding hydrogens is 553 g/mol. The van der Waals surface area contributed by atoms with Crippen LogP contribution in [0.1, 0.15) is 18.1 Å². The van der Waals surface area contributed by atoms with E-state index in [0.29, 0.717) is 11.5 Å². The fourth-order valence-corrected chi connectivity index (χ4v) is 4.83. The lowest BCUT2D eigenvalue weighted by Crippen LogP contribution is -2.40. The number of rotatable bonds is 8. The molecule has 0 aliphatic rings. The molecule has 0 aromatic heterocycles. The molecule has 0 radical (unpaired) electrons. The van der Waals surface area contributed by atoms with Crippen LogP contribution in [0.3, 0.4) is 0 Å². The molecule has 0 spiro atoms. The van der Waals surface area contributed by atoms with E-state index in [2.05, 4.69) is 33.1 Å². The minimum Gasteiger partial charge on any atom is -0.495 e. The van der Waals surface area contributed by atoms with Crippen LogP contribution in [0.2, 0.25) is 0 Å². The van der Waals surface area contributed by atoms with Crippen LogP contribution in [0, 0.1) is 10.5 Å². The van der Waals surface area contributed by atoms with E-state index in [0.717, 1.165) is 19.0 Å². The van der Waals surface area contributed by atoms with E-state index >= 15 is 0 Å². The fourth-order valence-electron chi connectivity index (χ4n) is 3.04. The molecule has 0 aliphatic carbocycles. The van der Waals surface area contributed by atoms with Crippen LogP contribution in [-0.4, -0.2) is 33.7 Å². The van der Waals surface area contributed by atoms with Crippen molar-refractivity contribution in [3.8, 4) is 5.75 Å². The summed E-state index contributed by atoms with van der Waals surface area (Å²) in [5, 5.41) is 4.14. The largest absolute Gasteiger partial charge is 0.495 e. The predicted molar refractivity (Wildman–Crippen MR) is 138 cm³/mol. The summed E-state index contributed by atoms with van der Waals surface area (Å²) in [5.74, 6) is -0.249. The maximum absolute atomic E-state index is 13.5. The van der Waals surface area contributed by atoms with Crippen LogP contribution in [0.25, 0.3) is 0 Å². The van der Waals surface area contributed by atoms with Crippen LogP contribution < -0.4 is 14.5 Å². The number of benzene rings is 3. The molecule has 172 valence electrons. The van der Waals surface area contributed by atoms with E-state index < -0.39 is 22.5 Å². The molecule has 0 saturated heterocycles. The maximum atomic E-state index is 13.5. The number of hydrogen-bond acceptors (Lipinski definition) is 5.